The Labute approximate surface area is 451 Å². The molecule has 0 bridgehead atoms. The standard InChI is InChI=1S/C29H27F7O2.C15H10F6O.C15H21FO.CH3F/c1-2-3-17-4-6-18(7-5-17)19-8-11-27(24(31)12-19)37-16-29(35,36)38-21-9-10-22(23(30)15-21)20-13-25(32)28(34)26(33)14-20;1-2-15(20,21)22-9-3-4-10(11(16)7-9)8-5-12(17)14(19)13(18)6-8;1-2-3-11-4-6-12(7-5-11)13-8-9-15(17)14(16)10-13;1-2/h8-15,17-18H,2-7,16H2,1H3;3-7H,2H2,1H3;8-12,17H,2-7H2,1H3;1H3/i;;;1D. The molecule has 2 aliphatic carbocycles. The summed E-state index contributed by atoms with van der Waals surface area (Å²) in [6, 6.07) is 16.7. The first-order chi connectivity index (χ1) is 37.9. The average molecular weight is 1130 g/mol. The Bertz CT molecular complexity index is 2900. The predicted octanol–water partition coefficient (Wildman–Crippen LogP) is 19.7. The molecule has 2 saturated carbocycles. The van der Waals surface area contributed by atoms with E-state index < -0.39 is 102 Å². The molecule has 0 unspecified atom stereocenters. The number of ether oxygens (including phenoxy) is 3. The van der Waals surface area contributed by atoms with Crippen LogP contribution in [-0.4, -0.2) is 31.1 Å². The summed E-state index contributed by atoms with van der Waals surface area (Å²) in [5, 5.41) is 9.18. The van der Waals surface area contributed by atoms with Gasteiger partial charge in [0, 0.05) is 29.7 Å². The molecule has 0 aliphatic heterocycles. The number of aromatic hydroxyl groups is 1. The van der Waals surface area contributed by atoms with Crippen LogP contribution in [0.5, 0.6) is 23.0 Å². The molecule has 0 heterocycles. The van der Waals surface area contributed by atoms with Gasteiger partial charge in [-0.2, -0.15) is 17.6 Å². The molecule has 79 heavy (non-hydrogen) atoms. The molecule has 0 saturated heterocycles. The fourth-order valence-electron chi connectivity index (χ4n) is 9.67. The SMILES string of the molecule is CCC(F)(F)Oc1ccc(-c2cc(F)c(F)c(F)c2)c(F)c1.CCCC1CCC(c2ccc(O)c(F)c2)CC1.CCCC1CCC(c2ccc(OCC(F)(F)Oc3ccc(-c4cc(F)c(F)c(F)c4)c(F)c3)c(F)c2)CC1.[2H]CF. The van der Waals surface area contributed by atoms with Gasteiger partial charge in [0.1, 0.15) is 23.1 Å². The highest BCUT2D eigenvalue weighted by atomic mass is 19.3. The second-order valence-corrected chi connectivity index (χ2v) is 19.3. The molecule has 0 aromatic heterocycles. The van der Waals surface area contributed by atoms with Crippen LogP contribution in [0, 0.1) is 70.0 Å². The van der Waals surface area contributed by atoms with Crippen molar-refractivity contribution in [2.75, 3.05) is 13.8 Å². The van der Waals surface area contributed by atoms with E-state index in [1.165, 1.54) is 63.3 Å². The van der Waals surface area contributed by atoms with Crippen molar-refractivity contribution >= 4 is 0 Å². The summed E-state index contributed by atoms with van der Waals surface area (Å²) in [6.45, 7) is 4.24. The molecule has 2 aliphatic rings. The number of benzene rings is 6. The summed E-state index contributed by atoms with van der Waals surface area (Å²) in [6.07, 6.45) is 5.84. The highest BCUT2D eigenvalue weighted by Crippen LogP contribution is 2.41. The summed E-state index contributed by atoms with van der Waals surface area (Å²) >= 11 is 0. The Balaban J connectivity index is 0.000000236. The van der Waals surface area contributed by atoms with E-state index in [0.717, 1.165) is 86.3 Å². The predicted molar refractivity (Wildman–Crippen MR) is 271 cm³/mol. The van der Waals surface area contributed by atoms with Crippen molar-refractivity contribution in [2.45, 2.75) is 128 Å². The molecule has 1 N–H and O–H groups in total. The molecule has 2 fully saturated rings. The van der Waals surface area contributed by atoms with Crippen LogP contribution in [0.2, 0.25) is 0 Å². The molecule has 8 rings (SSSR count). The zero-order chi connectivity index (χ0) is 58.9. The van der Waals surface area contributed by atoms with E-state index in [1.54, 1.807) is 6.07 Å². The molecular formula is C60H61F15O4. The zero-order valence-corrected chi connectivity index (χ0v) is 43.5. The number of halogens is 15. The van der Waals surface area contributed by atoms with Crippen LogP contribution in [-0.2, 0) is 0 Å². The van der Waals surface area contributed by atoms with Crippen molar-refractivity contribution in [1.29, 1.82) is 0 Å². The monoisotopic (exact) mass is 1130 g/mol. The van der Waals surface area contributed by atoms with E-state index >= 15 is 0 Å². The maximum absolute atomic E-state index is 14.6. The number of hydrogen-bond donors (Lipinski definition) is 1. The van der Waals surface area contributed by atoms with Crippen molar-refractivity contribution < 1.29 is 86.5 Å². The first kappa shape index (κ1) is 61.7. The Morgan fingerprint density at radius 3 is 1.24 bits per heavy atom. The van der Waals surface area contributed by atoms with Crippen molar-refractivity contribution in [2.24, 2.45) is 11.8 Å². The summed E-state index contributed by atoms with van der Waals surface area (Å²) in [5.74, 6) is -12.2. The number of phenols is 1. The number of alkyl halides is 5. The second-order valence-electron chi connectivity index (χ2n) is 19.3. The molecule has 430 valence electrons. The Morgan fingerprint density at radius 1 is 0.481 bits per heavy atom. The summed E-state index contributed by atoms with van der Waals surface area (Å²) < 4.78 is 220. The highest BCUT2D eigenvalue weighted by molar-refractivity contribution is 5.66. The van der Waals surface area contributed by atoms with Crippen molar-refractivity contribution in [3.63, 3.8) is 0 Å². The minimum Gasteiger partial charge on any atom is -0.505 e. The van der Waals surface area contributed by atoms with Crippen LogP contribution >= 0.6 is 0 Å². The van der Waals surface area contributed by atoms with Crippen LogP contribution in [0.1, 0.15) is 129 Å². The van der Waals surface area contributed by atoms with E-state index in [9.17, 15) is 71.0 Å². The molecule has 6 aromatic rings. The Kier molecular flexibility index (Phi) is 22.7. The zero-order valence-electron chi connectivity index (χ0n) is 44.5. The number of hydrogen-bond acceptors (Lipinski definition) is 4. The van der Waals surface area contributed by atoms with Gasteiger partial charge in [0.05, 0.1) is 8.52 Å². The third-order valence-electron chi connectivity index (χ3n) is 13.8. The second kappa shape index (κ2) is 29.1. The van der Waals surface area contributed by atoms with Crippen molar-refractivity contribution in [3.8, 4) is 45.3 Å². The van der Waals surface area contributed by atoms with Gasteiger partial charge in [-0.25, -0.2) is 43.9 Å². The molecular weight excluding hydrogens is 1070 g/mol. The summed E-state index contributed by atoms with van der Waals surface area (Å²) in [7, 11) is -1.00. The average Bonchev–Trinajstić information content (AvgIpc) is 3.41. The molecule has 0 radical (unpaired) electrons. The van der Waals surface area contributed by atoms with Gasteiger partial charge >= 0.3 is 12.2 Å². The topological polar surface area (TPSA) is 47.9 Å². The maximum atomic E-state index is 14.6. The lowest BCUT2D eigenvalue weighted by Crippen LogP contribution is -2.32. The molecule has 0 amide bonds. The van der Waals surface area contributed by atoms with Crippen LogP contribution in [0.15, 0.2) is 97.1 Å². The number of rotatable bonds is 16. The molecule has 0 atom stereocenters. The third kappa shape index (κ3) is 18.0. The largest absolute Gasteiger partial charge is 0.505 e. The van der Waals surface area contributed by atoms with Gasteiger partial charge in [-0.15, -0.1) is 0 Å². The van der Waals surface area contributed by atoms with E-state index in [2.05, 4.69) is 23.3 Å². The van der Waals surface area contributed by atoms with E-state index in [-0.39, 0.29) is 39.7 Å². The third-order valence-corrected chi connectivity index (χ3v) is 13.8. The normalized spacial score (nSPS) is 17.4. The fraction of sp³-hybridized carbons (Fsp3) is 0.400. The van der Waals surface area contributed by atoms with Gasteiger partial charge in [-0.1, -0.05) is 58.6 Å². The van der Waals surface area contributed by atoms with Gasteiger partial charge in [-0.05, 0) is 170 Å². The molecule has 6 aromatic carbocycles. The first-order valence-electron chi connectivity index (χ1n) is 26.4. The van der Waals surface area contributed by atoms with E-state index in [0.29, 0.717) is 48.2 Å². The van der Waals surface area contributed by atoms with E-state index in [1.807, 2.05) is 6.07 Å². The van der Waals surface area contributed by atoms with Crippen LogP contribution < -0.4 is 14.2 Å². The minimum absolute atomic E-state index is 0.220. The molecule has 4 nitrogen and oxygen atoms in total. The van der Waals surface area contributed by atoms with Gasteiger partial charge in [0.15, 0.2) is 64.6 Å². The van der Waals surface area contributed by atoms with Crippen molar-refractivity contribution in [1.82, 2.24) is 0 Å². The van der Waals surface area contributed by atoms with Crippen LogP contribution in [0.3, 0.4) is 0 Å². The van der Waals surface area contributed by atoms with Crippen molar-refractivity contribution in [3.05, 3.63) is 166 Å². The Morgan fingerprint density at radius 2 is 0.873 bits per heavy atom. The summed E-state index contributed by atoms with van der Waals surface area (Å²) in [5.41, 5.74) is 0.649. The lowest BCUT2D eigenvalue weighted by Gasteiger charge is -2.28. The van der Waals surface area contributed by atoms with Gasteiger partial charge < -0.3 is 19.3 Å². The van der Waals surface area contributed by atoms with Gasteiger partial charge in [0.25, 0.3) is 0 Å². The first-order valence-corrected chi connectivity index (χ1v) is 25.7. The smallest absolute Gasteiger partial charge is 0.433 e. The molecule has 19 heteroatoms. The van der Waals surface area contributed by atoms with Gasteiger partial charge in [-0.3, -0.25) is 4.39 Å². The lowest BCUT2D eigenvalue weighted by molar-refractivity contribution is -0.195. The minimum atomic E-state index is -3.95. The van der Waals surface area contributed by atoms with Gasteiger partial charge in [0.2, 0.25) is 0 Å². The summed E-state index contributed by atoms with van der Waals surface area (Å²) in [4.78, 5) is 0. The molecule has 0 spiro atoms. The van der Waals surface area contributed by atoms with E-state index in [4.69, 9.17) is 6.11 Å². The highest BCUT2D eigenvalue weighted by Gasteiger charge is 2.35. The van der Waals surface area contributed by atoms with Crippen LogP contribution in [0.25, 0.3) is 22.3 Å². The fourth-order valence-corrected chi connectivity index (χ4v) is 9.67. The van der Waals surface area contributed by atoms with Crippen LogP contribution in [0.4, 0.5) is 65.9 Å². The Hall–Kier alpha value is -6.53. The quantitative estimate of drug-likeness (QED) is 0.0775. The number of phenolic OH excluding ortho intramolecular Hbond substituents is 1. The lowest BCUT2D eigenvalue weighted by atomic mass is 9.77. The maximum Gasteiger partial charge on any atom is 0.433 e.